The van der Waals surface area contributed by atoms with Crippen molar-refractivity contribution in [3.63, 3.8) is 0 Å². The van der Waals surface area contributed by atoms with Crippen LogP contribution < -0.4 is 16.4 Å². The van der Waals surface area contributed by atoms with Gasteiger partial charge in [-0.05, 0) is 6.07 Å². The SMILES string of the molecule is NC(=O)CN(CC(N)=O)c1ncccc1CO. The third-order valence-corrected chi connectivity index (χ3v) is 2.03. The molecule has 7 nitrogen and oxygen atoms in total. The van der Waals surface area contributed by atoms with Crippen molar-refractivity contribution >= 4 is 17.6 Å². The number of aromatic nitrogens is 1. The van der Waals surface area contributed by atoms with E-state index >= 15 is 0 Å². The Balaban J connectivity index is 3.02. The van der Waals surface area contributed by atoms with E-state index in [4.69, 9.17) is 16.6 Å². The number of carbonyl (C=O) groups excluding carboxylic acids is 2. The molecule has 0 saturated heterocycles. The molecule has 0 bridgehead atoms. The van der Waals surface area contributed by atoms with Gasteiger partial charge < -0.3 is 21.5 Å². The molecule has 0 aromatic carbocycles. The number of pyridine rings is 1. The molecule has 0 spiro atoms. The fourth-order valence-electron chi connectivity index (χ4n) is 1.42. The highest BCUT2D eigenvalue weighted by molar-refractivity contribution is 5.84. The minimum Gasteiger partial charge on any atom is -0.392 e. The number of amides is 2. The van der Waals surface area contributed by atoms with Crippen LogP contribution in [0.5, 0.6) is 0 Å². The lowest BCUT2D eigenvalue weighted by atomic mass is 10.2. The van der Waals surface area contributed by atoms with E-state index < -0.39 is 11.8 Å². The molecular weight excluding hydrogens is 224 g/mol. The number of aliphatic hydroxyl groups is 1. The quantitative estimate of drug-likeness (QED) is 0.548. The second kappa shape index (κ2) is 5.80. The Bertz CT molecular complexity index is 406. The average molecular weight is 238 g/mol. The molecule has 1 rings (SSSR count). The van der Waals surface area contributed by atoms with Crippen LogP contribution >= 0.6 is 0 Å². The molecule has 0 fully saturated rings. The largest absolute Gasteiger partial charge is 0.392 e. The van der Waals surface area contributed by atoms with Gasteiger partial charge in [-0.25, -0.2) is 4.98 Å². The Labute approximate surface area is 98.0 Å². The van der Waals surface area contributed by atoms with Crippen LogP contribution in [0.1, 0.15) is 5.56 Å². The van der Waals surface area contributed by atoms with Crippen LogP contribution in [0.15, 0.2) is 18.3 Å². The van der Waals surface area contributed by atoms with Gasteiger partial charge in [0.25, 0.3) is 0 Å². The number of carbonyl (C=O) groups is 2. The molecule has 1 aromatic heterocycles. The van der Waals surface area contributed by atoms with Gasteiger partial charge in [-0.15, -0.1) is 0 Å². The highest BCUT2D eigenvalue weighted by atomic mass is 16.3. The summed E-state index contributed by atoms with van der Waals surface area (Å²) in [6.45, 7) is -0.628. The number of hydrogen-bond donors (Lipinski definition) is 3. The first-order valence-electron chi connectivity index (χ1n) is 4.91. The summed E-state index contributed by atoms with van der Waals surface area (Å²) in [7, 11) is 0. The molecule has 0 unspecified atom stereocenters. The number of nitrogens with zero attached hydrogens (tertiary/aromatic N) is 2. The van der Waals surface area contributed by atoms with Crippen molar-refractivity contribution in [2.24, 2.45) is 11.5 Å². The molecule has 0 aliphatic carbocycles. The topological polar surface area (TPSA) is 123 Å². The number of rotatable bonds is 6. The van der Waals surface area contributed by atoms with Crippen LogP contribution in [0.25, 0.3) is 0 Å². The maximum Gasteiger partial charge on any atom is 0.237 e. The van der Waals surface area contributed by atoms with Gasteiger partial charge in [0, 0.05) is 11.8 Å². The summed E-state index contributed by atoms with van der Waals surface area (Å²) in [4.78, 5) is 27.1. The monoisotopic (exact) mass is 238 g/mol. The third kappa shape index (κ3) is 3.72. The Morgan fingerprint density at radius 1 is 1.29 bits per heavy atom. The van der Waals surface area contributed by atoms with E-state index in [1.165, 1.54) is 11.1 Å². The van der Waals surface area contributed by atoms with Gasteiger partial charge in [0.2, 0.25) is 11.8 Å². The molecule has 1 heterocycles. The van der Waals surface area contributed by atoms with E-state index in [1.807, 2.05) is 0 Å². The lowest BCUT2D eigenvalue weighted by Gasteiger charge is -2.22. The number of hydrogen-bond acceptors (Lipinski definition) is 5. The first-order chi connectivity index (χ1) is 8.04. The van der Waals surface area contributed by atoms with Crippen molar-refractivity contribution in [3.05, 3.63) is 23.9 Å². The highest BCUT2D eigenvalue weighted by Gasteiger charge is 2.16. The van der Waals surface area contributed by atoms with Crippen LogP contribution in [0.2, 0.25) is 0 Å². The molecule has 17 heavy (non-hydrogen) atoms. The summed E-state index contributed by atoms with van der Waals surface area (Å²) < 4.78 is 0. The highest BCUT2D eigenvalue weighted by Crippen LogP contribution is 2.16. The number of aliphatic hydroxyl groups excluding tert-OH is 1. The molecule has 0 atom stereocenters. The average Bonchev–Trinajstić information content (AvgIpc) is 2.27. The van der Waals surface area contributed by atoms with E-state index in [1.54, 1.807) is 12.1 Å². The van der Waals surface area contributed by atoms with E-state index in [0.717, 1.165) is 0 Å². The van der Waals surface area contributed by atoms with Gasteiger partial charge in [0.1, 0.15) is 5.82 Å². The fraction of sp³-hybridized carbons (Fsp3) is 0.300. The van der Waals surface area contributed by atoms with E-state index in [0.29, 0.717) is 11.4 Å². The van der Waals surface area contributed by atoms with Crippen molar-refractivity contribution < 1.29 is 14.7 Å². The van der Waals surface area contributed by atoms with E-state index in [2.05, 4.69) is 4.98 Å². The Kier molecular flexibility index (Phi) is 4.41. The van der Waals surface area contributed by atoms with Crippen LogP contribution in [0, 0.1) is 0 Å². The molecular formula is C10H14N4O3. The second-order valence-electron chi connectivity index (χ2n) is 3.43. The van der Waals surface area contributed by atoms with Crippen molar-refractivity contribution in [3.8, 4) is 0 Å². The fourth-order valence-corrected chi connectivity index (χ4v) is 1.42. The molecule has 0 aliphatic rings. The van der Waals surface area contributed by atoms with Gasteiger partial charge in [0.15, 0.2) is 0 Å². The molecule has 7 heteroatoms. The molecule has 0 saturated carbocycles. The Hall–Kier alpha value is -2.15. The molecule has 1 aromatic rings. The Morgan fingerprint density at radius 2 is 1.88 bits per heavy atom. The lowest BCUT2D eigenvalue weighted by Crippen LogP contribution is -2.40. The third-order valence-electron chi connectivity index (χ3n) is 2.03. The van der Waals surface area contributed by atoms with Gasteiger partial charge in [0.05, 0.1) is 19.7 Å². The maximum atomic E-state index is 10.9. The molecule has 92 valence electrons. The maximum absolute atomic E-state index is 10.9. The standard InChI is InChI=1S/C10H14N4O3/c11-8(16)4-14(5-9(12)17)10-7(6-15)2-1-3-13-10/h1-3,15H,4-6H2,(H2,11,16)(H2,12,17). The van der Waals surface area contributed by atoms with Gasteiger partial charge in [-0.3, -0.25) is 9.59 Å². The summed E-state index contributed by atoms with van der Waals surface area (Å²) in [5, 5.41) is 9.14. The number of primary amides is 2. The van der Waals surface area contributed by atoms with E-state index in [9.17, 15) is 9.59 Å². The second-order valence-corrected chi connectivity index (χ2v) is 3.43. The van der Waals surface area contributed by atoms with Crippen molar-refractivity contribution in [1.82, 2.24) is 4.98 Å². The van der Waals surface area contributed by atoms with Crippen LogP contribution in [-0.2, 0) is 16.2 Å². The smallest absolute Gasteiger partial charge is 0.237 e. The van der Waals surface area contributed by atoms with Gasteiger partial charge in [-0.1, -0.05) is 6.07 Å². The van der Waals surface area contributed by atoms with Crippen LogP contribution in [-0.4, -0.2) is 35.0 Å². The first-order valence-corrected chi connectivity index (χ1v) is 4.91. The van der Waals surface area contributed by atoms with Gasteiger partial charge in [-0.2, -0.15) is 0 Å². The zero-order valence-electron chi connectivity index (χ0n) is 9.17. The summed E-state index contributed by atoms with van der Waals surface area (Å²) in [6.07, 6.45) is 1.49. The van der Waals surface area contributed by atoms with Crippen LogP contribution in [0.3, 0.4) is 0 Å². The minimum absolute atomic E-state index is 0.188. The summed E-state index contributed by atoms with van der Waals surface area (Å²) in [5.74, 6) is -0.894. The minimum atomic E-state index is -0.610. The Morgan fingerprint density at radius 3 is 2.35 bits per heavy atom. The zero-order valence-corrected chi connectivity index (χ0v) is 9.17. The molecule has 5 N–H and O–H groups in total. The van der Waals surface area contributed by atoms with Crippen LogP contribution in [0.4, 0.5) is 5.82 Å². The molecule has 2 amide bonds. The summed E-state index contributed by atoms with van der Waals surface area (Å²) in [5.41, 5.74) is 10.6. The summed E-state index contributed by atoms with van der Waals surface area (Å²) >= 11 is 0. The van der Waals surface area contributed by atoms with Crippen molar-refractivity contribution in [1.29, 1.82) is 0 Å². The molecule has 0 radical (unpaired) electrons. The first kappa shape index (κ1) is 12.9. The van der Waals surface area contributed by atoms with Crippen molar-refractivity contribution in [2.75, 3.05) is 18.0 Å². The lowest BCUT2D eigenvalue weighted by molar-refractivity contribution is -0.117. The predicted octanol–water partition coefficient (Wildman–Crippen LogP) is -1.65. The number of anilines is 1. The normalized spacial score (nSPS) is 9.94. The predicted molar refractivity (Wildman–Crippen MR) is 60.8 cm³/mol. The molecule has 0 aliphatic heterocycles. The van der Waals surface area contributed by atoms with Gasteiger partial charge >= 0.3 is 0 Å². The summed E-state index contributed by atoms with van der Waals surface area (Å²) in [6, 6.07) is 3.28. The van der Waals surface area contributed by atoms with E-state index in [-0.39, 0.29) is 19.7 Å². The zero-order chi connectivity index (χ0) is 12.8. The number of nitrogens with two attached hydrogens (primary N) is 2. The van der Waals surface area contributed by atoms with Crippen molar-refractivity contribution in [2.45, 2.75) is 6.61 Å².